The van der Waals surface area contributed by atoms with Gasteiger partial charge in [-0.05, 0) is 25.7 Å². The largest absolute Gasteiger partial charge is 0.348 e. The Morgan fingerprint density at radius 1 is 1.06 bits per heavy atom. The minimum absolute atomic E-state index is 0.222. The number of rotatable bonds is 2. The zero-order chi connectivity index (χ0) is 12.4. The van der Waals surface area contributed by atoms with Crippen LogP contribution in [0.1, 0.15) is 44.9 Å². The van der Waals surface area contributed by atoms with E-state index in [1.807, 2.05) is 0 Å². The van der Waals surface area contributed by atoms with Crippen molar-refractivity contribution in [1.29, 1.82) is 5.26 Å². The Morgan fingerprint density at radius 3 is 2.44 bits per heavy atom. The highest BCUT2D eigenvalue weighted by Crippen LogP contribution is 2.36. The second-order valence-corrected chi connectivity index (χ2v) is 5.82. The third-order valence-corrected chi connectivity index (χ3v) is 4.69. The van der Waals surface area contributed by atoms with Gasteiger partial charge in [-0.2, -0.15) is 5.26 Å². The Morgan fingerprint density at radius 2 is 1.78 bits per heavy atom. The van der Waals surface area contributed by atoms with Crippen molar-refractivity contribution in [2.45, 2.75) is 62.8 Å². The minimum atomic E-state index is -0.261. The smallest absolute Gasteiger partial charge is 0.168 e. The maximum Gasteiger partial charge on any atom is 0.168 e. The van der Waals surface area contributed by atoms with Gasteiger partial charge in [-0.25, -0.2) is 0 Å². The molecule has 1 N–H and O–H groups in total. The number of nitriles is 1. The third kappa shape index (κ3) is 2.40. The molecule has 3 aliphatic rings. The van der Waals surface area contributed by atoms with Crippen LogP contribution in [0.3, 0.4) is 0 Å². The van der Waals surface area contributed by atoms with Gasteiger partial charge in [0.2, 0.25) is 0 Å². The first-order valence-electron chi connectivity index (χ1n) is 7.25. The number of hydrogen-bond acceptors (Lipinski definition) is 4. The number of nitrogens with zero attached hydrogens (tertiary/aromatic N) is 1. The van der Waals surface area contributed by atoms with Crippen molar-refractivity contribution in [1.82, 2.24) is 5.32 Å². The van der Waals surface area contributed by atoms with Gasteiger partial charge < -0.3 is 14.8 Å². The number of hydrogen-bond donors (Lipinski definition) is 1. The molecule has 0 aromatic heterocycles. The van der Waals surface area contributed by atoms with E-state index >= 15 is 0 Å². The Kier molecular flexibility index (Phi) is 3.56. The standard InChI is InChI=1S/C14H22N2O2/c15-10-11-2-1-3-13(11)16-12-4-6-14(7-5-12)17-8-9-18-14/h11-13,16H,1-9H2. The molecule has 2 aliphatic carbocycles. The van der Waals surface area contributed by atoms with Gasteiger partial charge in [0, 0.05) is 24.9 Å². The zero-order valence-corrected chi connectivity index (χ0v) is 10.9. The SMILES string of the molecule is N#CC1CCCC1NC1CCC2(CC1)OCCO2. The molecule has 1 heterocycles. The predicted molar refractivity (Wildman–Crippen MR) is 66.8 cm³/mol. The van der Waals surface area contributed by atoms with Crippen LogP contribution in [0.2, 0.25) is 0 Å². The summed E-state index contributed by atoms with van der Waals surface area (Å²) in [6, 6.07) is 3.40. The molecule has 0 amide bonds. The van der Waals surface area contributed by atoms with E-state index in [-0.39, 0.29) is 11.7 Å². The van der Waals surface area contributed by atoms with E-state index in [2.05, 4.69) is 11.4 Å². The summed E-state index contributed by atoms with van der Waals surface area (Å²) in [4.78, 5) is 0. The Bertz CT molecular complexity index is 323. The highest BCUT2D eigenvalue weighted by Gasteiger charge is 2.41. The highest BCUT2D eigenvalue weighted by atomic mass is 16.7. The zero-order valence-electron chi connectivity index (χ0n) is 10.9. The predicted octanol–water partition coefficient (Wildman–Crippen LogP) is 1.95. The van der Waals surface area contributed by atoms with Crippen LogP contribution in [0.15, 0.2) is 0 Å². The molecule has 100 valence electrons. The van der Waals surface area contributed by atoms with E-state index in [4.69, 9.17) is 14.7 Å². The molecule has 4 nitrogen and oxygen atoms in total. The molecule has 0 bridgehead atoms. The van der Waals surface area contributed by atoms with Crippen LogP contribution in [-0.4, -0.2) is 31.1 Å². The highest BCUT2D eigenvalue weighted by molar-refractivity contribution is 4.98. The molecule has 18 heavy (non-hydrogen) atoms. The quantitative estimate of drug-likeness (QED) is 0.814. The molecule has 3 fully saturated rings. The summed E-state index contributed by atoms with van der Waals surface area (Å²) in [5.74, 6) is -0.0393. The molecule has 1 saturated heterocycles. The van der Waals surface area contributed by atoms with Crippen LogP contribution in [0, 0.1) is 17.2 Å². The lowest BCUT2D eigenvalue weighted by atomic mass is 9.89. The van der Waals surface area contributed by atoms with Crippen molar-refractivity contribution in [2.75, 3.05) is 13.2 Å². The summed E-state index contributed by atoms with van der Waals surface area (Å²) in [7, 11) is 0. The molecule has 2 unspecified atom stereocenters. The average molecular weight is 250 g/mol. The lowest BCUT2D eigenvalue weighted by molar-refractivity contribution is -0.179. The lowest BCUT2D eigenvalue weighted by Crippen LogP contribution is -2.46. The fraction of sp³-hybridized carbons (Fsp3) is 0.929. The Hall–Kier alpha value is -0.630. The normalized spacial score (nSPS) is 35.9. The summed E-state index contributed by atoms with van der Waals surface area (Å²) in [6.07, 6.45) is 7.62. The van der Waals surface area contributed by atoms with Gasteiger partial charge in [0.25, 0.3) is 0 Å². The molecule has 1 spiro atoms. The fourth-order valence-corrected chi connectivity index (χ4v) is 3.63. The Labute approximate surface area is 109 Å². The van der Waals surface area contributed by atoms with Crippen LogP contribution < -0.4 is 5.32 Å². The number of ether oxygens (including phenoxy) is 2. The van der Waals surface area contributed by atoms with Crippen molar-refractivity contribution in [3.05, 3.63) is 0 Å². The molecular weight excluding hydrogens is 228 g/mol. The summed E-state index contributed by atoms with van der Waals surface area (Å²) in [6.45, 7) is 1.49. The van der Waals surface area contributed by atoms with Crippen LogP contribution in [-0.2, 0) is 9.47 Å². The van der Waals surface area contributed by atoms with Crippen LogP contribution in [0.4, 0.5) is 0 Å². The van der Waals surface area contributed by atoms with E-state index in [0.29, 0.717) is 12.1 Å². The molecule has 3 rings (SSSR count). The van der Waals surface area contributed by atoms with Crippen LogP contribution in [0.5, 0.6) is 0 Å². The maximum absolute atomic E-state index is 9.10. The number of nitrogens with one attached hydrogen (secondary N) is 1. The van der Waals surface area contributed by atoms with Crippen molar-refractivity contribution < 1.29 is 9.47 Å². The van der Waals surface area contributed by atoms with E-state index < -0.39 is 0 Å². The van der Waals surface area contributed by atoms with Gasteiger partial charge in [0.05, 0.1) is 25.2 Å². The van der Waals surface area contributed by atoms with Gasteiger partial charge >= 0.3 is 0 Å². The molecule has 0 aromatic rings. The van der Waals surface area contributed by atoms with Crippen molar-refractivity contribution >= 4 is 0 Å². The minimum Gasteiger partial charge on any atom is -0.348 e. The van der Waals surface area contributed by atoms with Crippen LogP contribution in [0.25, 0.3) is 0 Å². The molecular formula is C14H22N2O2. The third-order valence-electron chi connectivity index (χ3n) is 4.69. The van der Waals surface area contributed by atoms with Gasteiger partial charge in [-0.1, -0.05) is 6.42 Å². The van der Waals surface area contributed by atoms with Crippen LogP contribution >= 0.6 is 0 Å². The van der Waals surface area contributed by atoms with Gasteiger partial charge in [0.15, 0.2) is 5.79 Å². The first kappa shape index (κ1) is 12.4. The van der Waals surface area contributed by atoms with Gasteiger partial charge in [-0.3, -0.25) is 0 Å². The maximum atomic E-state index is 9.10. The second kappa shape index (κ2) is 5.16. The van der Waals surface area contributed by atoms with Crippen molar-refractivity contribution in [3.63, 3.8) is 0 Å². The fourth-order valence-electron chi connectivity index (χ4n) is 3.63. The van der Waals surface area contributed by atoms with Gasteiger partial charge in [0.1, 0.15) is 0 Å². The van der Waals surface area contributed by atoms with E-state index in [0.717, 1.165) is 51.7 Å². The first-order chi connectivity index (χ1) is 8.81. The second-order valence-electron chi connectivity index (χ2n) is 5.82. The van der Waals surface area contributed by atoms with E-state index in [9.17, 15) is 0 Å². The van der Waals surface area contributed by atoms with Gasteiger partial charge in [-0.15, -0.1) is 0 Å². The molecule has 1 aliphatic heterocycles. The van der Waals surface area contributed by atoms with E-state index in [1.165, 1.54) is 6.42 Å². The monoisotopic (exact) mass is 250 g/mol. The molecule has 0 radical (unpaired) electrons. The average Bonchev–Trinajstić information content (AvgIpc) is 3.02. The summed E-state index contributed by atoms with van der Waals surface area (Å²) in [5.41, 5.74) is 0. The lowest BCUT2D eigenvalue weighted by Gasteiger charge is -2.37. The van der Waals surface area contributed by atoms with Crippen molar-refractivity contribution in [2.24, 2.45) is 5.92 Å². The molecule has 2 saturated carbocycles. The molecule has 4 heteroatoms. The summed E-state index contributed by atoms with van der Waals surface area (Å²) < 4.78 is 11.5. The summed E-state index contributed by atoms with van der Waals surface area (Å²) >= 11 is 0. The van der Waals surface area contributed by atoms with Crippen molar-refractivity contribution in [3.8, 4) is 6.07 Å². The first-order valence-corrected chi connectivity index (χ1v) is 7.25. The van der Waals surface area contributed by atoms with E-state index in [1.54, 1.807) is 0 Å². The summed E-state index contributed by atoms with van der Waals surface area (Å²) in [5, 5.41) is 12.8. The Balaban J connectivity index is 1.49. The molecule has 2 atom stereocenters. The molecule has 0 aromatic carbocycles. The topological polar surface area (TPSA) is 54.3 Å².